The molecule has 0 spiro atoms. The van der Waals surface area contributed by atoms with Crippen molar-refractivity contribution in [3.05, 3.63) is 41.1 Å². The van der Waals surface area contributed by atoms with Crippen LogP contribution in [0.5, 0.6) is 0 Å². The van der Waals surface area contributed by atoms with Crippen LogP contribution in [0.4, 0.5) is 5.95 Å². The number of carbonyl (C=O) groups is 1. The Hall–Kier alpha value is -2.98. The first-order valence-electron chi connectivity index (χ1n) is 8.85. The second-order valence-electron chi connectivity index (χ2n) is 6.42. The summed E-state index contributed by atoms with van der Waals surface area (Å²) in [6.07, 6.45) is 0. The lowest BCUT2D eigenvalue weighted by Gasteiger charge is -2.16. The average molecular weight is 442 g/mol. The maximum atomic E-state index is 12.3. The number of anilines is 1. The highest BCUT2D eigenvalue weighted by Crippen LogP contribution is 2.26. The fourth-order valence-electron chi connectivity index (χ4n) is 3.20. The summed E-state index contributed by atoms with van der Waals surface area (Å²) in [5.74, 6) is 1.35. The van der Waals surface area contributed by atoms with Crippen molar-refractivity contribution < 1.29 is 9.21 Å². The first-order valence-corrected chi connectivity index (χ1v) is 9.64. The highest BCUT2D eigenvalue weighted by molar-refractivity contribution is 9.10. The zero-order chi connectivity index (χ0) is 19.1. The molecule has 4 aromatic rings. The van der Waals surface area contributed by atoms with E-state index < -0.39 is 6.04 Å². The van der Waals surface area contributed by atoms with Gasteiger partial charge in [0, 0.05) is 25.0 Å². The van der Waals surface area contributed by atoms with Crippen LogP contribution in [-0.4, -0.2) is 51.2 Å². The van der Waals surface area contributed by atoms with Crippen molar-refractivity contribution in [2.24, 2.45) is 0 Å². The van der Waals surface area contributed by atoms with Gasteiger partial charge in [0.1, 0.15) is 6.04 Å². The molecule has 5 rings (SSSR count). The number of amides is 1. The third-order valence-electron chi connectivity index (χ3n) is 4.54. The molecule has 3 N–H and O–H groups in total. The second-order valence-corrected chi connectivity index (χ2v) is 7.20. The smallest absolute Gasteiger partial charge is 0.243 e. The largest absolute Gasteiger partial charge is 0.446 e. The molecule has 1 aromatic carbocycles. The van der Waals surface area contributed by atoms with Crippen LogP contribution in [0.25, 0.3) is 28.1 Å². The van der Waals surface area contributed by atoms with Gasteiger partial charge in [-0.1, -0.05) is 12.1 Å². The number of nitrogens with one attached hydrogen (secondary N) is 3. The number of aromatic nitrogens is 4. The summed E-state index contributed by atoms with van der Waals surface area (Å²) in [5, 5.41) is 14.8. The molecule has 1 fully saturated rings. The van der Waals surface area contributed by atoms with E-state index in [2.05, 4.69) is 46.9 Å². The second kappa shape index (κ2) is 6.88. The van der Waals surface area contributed by atoms with Gasteiger partial charge >= 0.3 is 0 Å². The molecule has 10 heteroatoms. The molecule has 142 valence electrons. The topological polar surface area (TPSA) is 109 Å². The molecule has 28 heavy (non-hydrogen) atoms. The number of carbonyl (C=O) groups excluding carboxylic acids is 1. The summed E-state index contributed by atoms with van der Waals surface area (Å²) in [5.41, 5.74) is 1.40. The lowest BCUT2D eigenvalue weighted by molar-refractivity contribution is -0.121. The molecule has 3 aromatic heterocycles. The molecular weight excluding hydrogens is 426 g/mol. The van der Waals surface area contributed by atoms with E-state index in [9.17, 15) is 4.79 Å². The molecular formula is C18H16BrN7O2. The fourth-order valence-corrected chi connectivity index (χ4v) is 3.50. The monoisotopic (exact) mass is 441 g/mol. The average Bonchev–Trinajstić information content (AvgIpc) is 3.28. The molecule has 1 atom stereocenters. The number of halogens is 1. The molecule has 0 radical (unpaired) electrons. The van der Waals surface area contributed by atoms with Gasteiger partial charge in [0.25, 0.3) is 0 Å². The standard InChI is InChI=1S/C18H16BrN7O2/c19-14-6-5-13(28-14)15-24-16-10-3-1-2-4-11(10)22-18(26(16)25-15)23-12-9-20-7-8-21-17(12)27/h1-6,12,20H,7-9H2,(H,21,27)(H,22,23)/t12-/m1/s1. The summed E-state index contributed by atoms with van der Waals surface area (Å²) < 4.78 is 7.82. The van der Waals surface area contributed by atoms with Gasteiger partial charge in [0.2, 0.25) is 17.7 Å². The van der Waals surface area contributed by atoms with Crippen LogP contribution in [0.1, 0.15) is 0 Å². The van der Waals surface area contributed by atoms with Gasteiger partial charge in [0.15, 0.2) is 16.1 Å². The highest BCUT2D eigenvalue weighted by atomic mass is 79.9. The normalized spacial score (nSPS) is 17.6. The van der Waals surface area contributed by atoms with Crippen LogP contribution in [0.3, 0.4) is 0 Å². The zero-order valence-electron chi connectivity index (χ0n) is 14.6. The molecule has 0 saturated carbocycles. The van der Waals surface area contributed by atoms with E-state index in [1.165, 1.54) is 0 Å². The Kier molecular flexibility index (Phi) is 4.21. The summed E-state index contributed by atoms with van der Waals surface area (Å²) in [4.78, 5) is 21.7. The molecule has 1 aliphatic heterocycles. The SMILES string of the molecule is O=C1NCCNC[C@H]1Nc1nc2ccccc2c2nc(-c3ccc(Br)o3)nn12. The lowest BCUT2D eigenvalue weighted by Crippen LogP contribution is -2.42. The lowest BCUT2D eigenvalue weighted by atomic mass is 10.2. The number of furan rings is 1. The maximum Gasteiger partial charge on any atom is 0.243 e. The van der Waals surface area contributed by atoms with E-state index >= 15 is 0 Å². The quantitative estimate of drug-likeness (QED) is 0.444. The van der Waals surface area contributed by atoms with Crippen LogP contribution < -0.4 is 16.0 Å². The van der Waals surface area contributed by atoms with E-state index in [0.717, 1.165) is 17.4 Å². The summed E-state index contributed by atoms with van der Waals surface area (Å²) in [6.45, 7) is 1.82. The van der Waals surface area contributed by atoms with Crippen LogP contribution in [-0.2, 0) is 4.79 Å². The third-order valence-corrected chi connectivity index (χ3v) is 4.97. The number of hydrogen-bond acceptors (Lipinski definition) is 7. The van der Waals surface area contributed by atoms with Crippen LogP contribution in [0.2, 0.25) is 0 Å². The Balaban J connectivity index is 1.66. The first-order chi connectivity index (χ1) is 13.7. The van der Waals surface area contributed by atoms with Crippen molar-refractivity contribution in [3.63, 3.8) is 0 Å². The molecule has 0 aliphatic carbocycles. The van der Waals surface area contributed by atoms with Gasteiger partial charge in [0.05, 0.1) is 5.52 Å². The Morgan fingerprint density at radius 3 is 2.93 bits per heavy atom. The van der Waals surface area contributed by atoms with Gasteiger partial charge < -0.3 is 20.4 Å². The number of rotatable bonds is 3. The first kappa shape index (κ1) is 17.1. The predicted molar refractivity (Wildman–Crippen MR) is 107 cm³/mol. The molecule has 1 aliphatic rings. The molecule has 4 heterocycles. The van der Waals surface area contributed by atoms with E-state index in [0.29, 0.717) is 40.9 Å². The van der Waals surface area contributed by atoms with Crippen molar-refractivity contribution in [3.8, 4) is 11.6 Å². The Morgan fingerprint density at radius 1 is 1.18 bits per heavy atom. The molecule has 0 bridgehead atoms. The summed E-state index contributed by atoms with van der Waals surface area (Å²) in [6, 6.07) is 10.8. The number of fused-ring (bicyclic) bond motifs is 3. The highest BCUT2D eigenvalue weighted by Gasteiger charge is 2.23. The van der Waals surface area contributed by atoms with Crippen molar-refractivity contribution in [1.29, 1.82) is 0 Å². The molecule has 1 amide bonds. The van der Waals surface area contributed by atoms with E-state index in [-0.39, 0.29) is 5.91 Å². The Morgan fingerprint density at radius 2 is 2.07 bits per heavy atom. The number of para-hydroxylation sites is 1. The van der Waals surface area contributed by atoms with Crippen molar-refractivity contribution in [2.45, 2.75) is 6.04 Å². The van der Waals surface area contributed by atoms with Crippen molar-refractivity contribution >= 4 is 44.3 Å². The third kappa shape index (κ3) is 3.00. The molecule has 0 unspecified atom stereocenters. The van der Waals surface area contributed by atoms with E-state index in [1.807, 2.05) is 24.3 Å². The molecule has 1 saturated heterocycles. The Labute approximate surface area is 167 Å². The number of benzene rings is 1. The molecule has 9 nitrogen and oxygen atoms in total. The van der Waals surface area contributed by atoms with Gasteiger partial charge in [-0.3, -0.25) is 4.79 Å². The van der Waals surface area contributed by atoms with Crippen LogP contribution >= 0.6 is 15.9 Å². The summed E-state index contributed by atoms with van der Waals surface area (Å²) in [7, 11) is 0. The van der Waals surface area contributed by atoms with E-state index in [1.54, 1.807) is 16.6 Å². The Bertz CT molecular complexity index is 1190. The number of nitrogens with zero attached hydrogens (tertiary/aromatic N) is 4. The van der Waals surface area contributed by atoms with Gasteiger partial charge in [-0.25, -0.2) is 9.97 Å². The van der Waals surface area contributed by atoms with Crippen LogP contribution in [0.15, 0.2) is 45.5 Å². The van der Waals surface area contributed by atoms with Gasteiger partial charge in [-0.05, 0) is 40.2 Å². The van der Waals surface area contributed by atoms with E-state index in [4.69, 9.17) is 4.42 Å². The van der Waals surface area contributed by atoms with Crippen LogP contribution in [0, 0.1) is 0 Å². The minimum absolute atomic E-state index is 0.0802. The fraction of sp³-hybridized carbons (Fsp3) is 0.222. The number of hydrogen-bond donors (Lipinski definition) is 3. The summed E-state index contributed by atoms with van der Waals surface area (Å²) >= 11 is 3.30. The van der Waals surface area contributed by atoms with Crippen molar-refractivity contribution in [1.82, 2.24) is 30.2 Å². The minimum Gasteiger partial charge on any atom is -0.446 e. The van der Waals surface area contributed by atoms with Crippen molar-refractivity contribution in [2.75, 3.05) is 25.0 Å². The van der Waals surface area contributed by atoms with Gasteiger partial charge in [-0.15, -0.1) is 5.10 Å². The van der Waals surface area contributed by atoms with Gasteiger partial charge in [-0.2, -0.15) is 4.52 Å². The predicted octanol–water partition coefficient (Wildman–Crippen LogP) is 1.80. The minimum atomic E-state index is -0.468. The zero-order valence-corrected chi connectivity index (χ0v) is 16.2. The maximum absolute atomic E-state index is 12.3.